The van der Waals surface area contributed by atoms with Gasteiger partial charge in [0.05, 0.1) is 0 Å². The van der Waals surface area contributed by atoms with Crippen molar-refractivity contribution in [1.82, 2.24) is 5.32 Å². The molecule has 0 fully saturated rings. The van der Waals surface area contributed by atoms with Crippen molar-refractivity contribution in [3.05, 3.63) is 34.3 Å². The van der Waals surface area contributed by atoms with Gasteiger partial charge in [-0.2, -0.15) is 0 Å². The molecular weight excluding hydrogens is 250 g/mol. The van der Waals surface area contributed by atoms with Gasteiger partial charge >= 0.3 is 0 Å². The highest BCUT2D eigenvalue weighted by Crippen LogP contribution is 2.12. The zero-order valence-electron chi connectivity index (χ0n) is 9.59. The third-order valence-corrected chi connectivity index (χ3v) is 3.10. The Labute approximate surface area is 101 Å². The number of hydrogen-bond acceptors (Lipinski definition) is 1. The average Bonchev–Trinajstić information content (AvgIpc) is 2.21. The van der Waals surface area contributed by atoms with Crippen LogP contribution in [0.25, 0.3) is 0 Å². The molecule has 0 heterocycles. The van der Waals surface area contributed by atoms with Gasteiger partial charge < -0.3 is 5.32 Å². The molecule has 0 amide bonds. The summed E-state index contributed by atoms with van der Waals surface area (Å²) in [4.78, 5) is 0. The average molecular weight is 270 g/mol. The zero-order valence-corrected chi connectivity index (χ0v) is 11.2. The number of halogens is 1. The quantitative estimate of drug-likeness (QED) is 0.829. The van der Waals surface area contributed by atoms with E-state index >= 15 is 0 Å². The molecule has 1 rings (SSSR count). The molecule has 0 saturated heterocycles. The van der Waals surface area contributed by atoms with Crippen LogP contribution in [-0.4, -0.2) is 12.6 Å². The minimum Gasteiger partial charge on any atom is -0.315 e. The van der Waals surface area contributed by atoms with Gasteiger partial charge in [-0.1, -0.05) is 35.0 Å². The summed E-state index contributed by atoms with van der Waals surface area (Å²) in [5.74, 6) is 0. The summed E-state index contributed by atoms with van der Waals surface area (Å²) in [6, 6.07) is 9.27. The van der Waals surface area contributed by atoms with Gasteiger partial charge in [0.1, 0.15) is 0 Å². The second-order valence-corrected chi connectivity index (χ2v) is 4.89. The summed E-state index contributed by atoms with van der Waals surface area (Å²) in [5, 5.41) is 3.43. The van der Waals surface area contributed by atoms with Crippen molar-refractivity contribution < 1.29 is 0 Å². The number of aryl methyl sites for hydroxylation is 1. The standard InChI is InChI=1S/C13H20BrN/c1-3-15-11(2)5-4-6-12-7-9-13(14)10-8-12/h7-11,15H,3-6H2,1-2H3. The molecule has 0 aliphatic heterocycles. The highest BCUT2D eigenvalue weighted by atomic mass is 79.9. The van der Waals surface area contributed by atoms with E-state index < -0.39 is 0 Å². The zero-order chi connectivity index (χ0) is 11.1. The van der Waals surface area contributed by atoms with Gasteiger partial charge in [0.2, 0.25) is 0 Å². The molecule has 0 saturated carbocycles. The van der Waals surface area contributed by atoms with E-state index in [4.69, 9.17) is 0 Å². The van der Waals surface area contributed by atoms with Crippen molar-refractivity contribution >= 4 is 15.9 Å². The molecule has 0 aromatic heterocycles. The van der Waals surface area contributed by atoms with Crippen LogP contribution in [0.4, 0.5) is 0 Å². The number of nitrogens with one attached hydrogen (secondary N) is 1. The molecule has 1 aromatic carbocycles. The molecule has 1 N–H and O–H groups in total. The van der Waals surface area contributed by atoms with Gasteiger partial charge in [0.25, 0.3) is 0 Å². The van der Waals surface area contributed by atoms with E-state index in [1.807, 2.05) is 0 Å². The molecule has 1 atom stereocenters. The Morgan fingerprint density at radius 3 is 2.53 bits per heavy atom. The predicted octanol–water partition coefficient (Wildman–Crippen LogP) is 3.77. The minimum atomic E-state index is 0.644. The second-order valence-electron chi connectivity index (χ2n) is 3.98. The second kappa shape index (κ2) is 7.02. The molecular formula is C13H20BrN. The van der Waals surface area contributed by atoms with Crippen molar-refractivity contribution in [2.45, 2.75) is 39.2 Å². The molecule has 1 nitrogen and oxygen atoms in total. The fraction of sp³-hybridized carbons (Fsp3) is 0.538. The molecule has 0 aliphatic rings. The van der Waals surface area contributed by atoms with Crippen molar-refractivity contribution in [1.29, 1.82) is 0 Å². The van der Waals surface area contributed by atoms with Crippen molar-refractivity contribution in [2.24, 2.45) is 0 Å². The third-order valence-electron chi connectivity index (χ3n) is 2.57. The van der Waals surface area contributed by atoms with Crippen LogP contribution in [0, 0.1) is 0 Å². The Hall–Kier alpha value is -0.340. The third kappa shape index (κ3) is 5.33. The van der Waals surface area contributed by atoms with Gasteiger partial charge in [-0.25, -0.2) is 0 Å². The molecule has 0 bridgehead atoms. The van der Waals surface area contributed by atoms with Crippen molar-refractivity contribution in [2.75, 3.05) is 6.54 Å². The summed E-state index contributed by atoms with van der Waals surface area (Å²) >= 11 is 3.45. The fourth-order valence-corrected chi connectivity index (χ4v) is 1.98. The molecule has 15 heavy (non-hydrogen) atoms. The van der Waals surface area contributed by atoms with Gasteiger partial charge in [0.15, 0.2) is 0 Å². The van der Waals surface area contributed by atoms with E-state index in [0.29, 0.717) is 6.04 Å². The minimum absolute atomic E-state index is 0.644. The lowest BCUT2D eigenvalue weighted by Crippen LogP contribution is -2.25. The lowest BCUT2D eigenvalue weighted by atomic mass is 10.1. The molecule has 2 heteroatoms. The smallest absolute Gasteiger partial charge is 0.0175 e. The molecule has 0 spiro atoms. The van der Waals surface area contributed by atoms with E-state index in [1.54, 1.807) is 0 Å². The van der Waals surface area contributed by atoms with Crippen LogP contribution in [0.1, 0.15) is 32.3 Å². The lowest BCUT2D eigenvalue weighted by molar-refractivity contribution is 0.512. The highest BCUT2D eigenvalue weighted by Gasteiger charge is 1.99. The first-order valence-electron chi connectivity index (χ1n) is 5.70. The summed E-state index contributed by atoms with van der Waals surface area (Å²) in [5.41, 5.74) is 1.43. The van der Waals surface area contributed by atoms with Crippen LogP contribution < -0.4 is 5.32 Å². The SMILES string of the molecule is CCNC(C)CCCc1ccc(Br)cc1. The highest BCUT2D eigenvalue weighted by molar-refractivity contribution is 9.10. The molecule has 0 aliphatic carbocycles. The number of rotatable bonds is 6. The fourth-order valence-electron chi connectivity index (χ4n) is 1.71. The Morgan fingerprint density at radius 1 is 1.27 bits per heavy atom. The Bertz CT molecular complexity index is 268. The summed E-state index contributed by atoms with van der Waals surface area (Å²) in [7, 11) is 0. The van der Waals surface area contributed by atoms with E-state index in [9.17, 15) is 0 Å². The van der Waals surface area contributed by atoms with Crippen LogP contribution in [-0.2, 0) is 6.42 Å². The normalized spacial score (nSPS) is 12.7. The first-order valence-corrected chi connectivity index (χ1v) is 6.49. The largest absolute Gasteiger partial charge is 0.315 e. The number of hydrogen-bond donors (Lipinski definition) is 1. The summed E-state index contributed by atoms with van der Waals surface area (Å²) in [6.45, 7) is 5.48. The van der Waals surface area contributed by atoms with E-state index in [-0.39, 0.29) is 0 Å². The van der Waals surface area contributed by atoms with E-state index in [1.165, 1.54) is 24.8 Å². The molecule has 1 unspecified atom stereocenters. The van der Waals surface area contributed by atoms with Gasteiger partial charge in [-0.05, 0) is 50.4 Å². The first-order chi connectivity index (χ1) is 7.22. The van der Waals surface area contributed by atoms with Crippen molar-refractivity contribution in [3.8, 4) is 0 Å². The van der Waals surface area contributed by atoms with Gasteiger partial charge in [-0.3, -0.25) is 0 Å². The maximum absolute atomic E-state index is 3.45. The van der Waals surface area contributed by atoms with E-state index in [0.717, 1.165) is 11.0 Å². The first kappa shape index (κ1) is 12.7. The van der Waals surface area contributed by atoms with E-state index in [2.05, 4.69) is 59.4 Å². The predicted molar refractivity (Wildman–Crippen MR) is 70.2 cm³/mol. The van der Waals surface area contributed by atoms with Crippen LogP contribution >= 0.6 is 15.9 Å². The van der Waals surface area contributed by atoms with Crippen molar-refractivity contribution in [3.63, 3.8) is 0 Å². The Morgan fingerprint density at radius 2 is 1.93 bits per heavy atom. The number of benzene rings is 1. The van der Waals surface area contributed by atoms with Crippen LogP contribution in [0.15, 0.2) is 28.7 Å². The van der Waals surface area contributed by atoms with Gasteiger partial charge in [0, 0.05) is 10.5 Å². The summed E-state index contributed by atoms with van der Waals surface area (Å²) in [6.07, 6.45) is 3.70. The maximum atomic E-state index is 3.45. The monoisotopic (exact) mass is 269 g/mol. The topological polar surface area (TPSA) is 12.0 Å². The summed E-state index contributed by atoms with van der Waals surface area (Å²) < 4.78 is 1.16. The van der Waals surface area contributed by atoms with Crippen LogP contribution in [0.5, 0.6) is 0 Å². The Balaban J connectivity index is 2.22. The molecule has 0 radical (unpaired) electrons. The maximum Gasteiger partial charge on any atom is 0.0175 e. The van der Waals surface area contributed by atoms with Crippen LogP contribution in [0.2, 0.25) is 0 Å². The Kier molecular flexibility index (Phi) is 5.96. The lowest BCUT2D eigenvalue weighted by Gasteiger charge is -2.11. The molecule has 84 valence electrons. The van der Waals surface area contributed by atoms with Crippen LogP contribution in [0.3, 0.4) is 0 Å². The molecule has 1 aromatic rings. The van der Waals surface area contributed by atoms with Gasteiger partial charge in [-0.15, -0.1) is 0 Å².